The number of benzene rings is 2. The molecule has 0 fully saturated rings. The summed E-state index contributed by atoms with van der Waals surface area (Å²) in [6.45, 7) is 5.93. The molecule has 2 aromatic carbocycles. The van der Waals surface area contributed by atoms with Crippen molar-refractivity contribution >= 4 is 29.3 Å². The fourth-order valence-corrected chi connectivity index (χ4v) is 3.67. The van der Waals surface area contributed by atoms with Gasteiger partial charge in [0.25, 0.3) is 5.91 Å². The van der Waals surface area contributed by atoms with Crippen molar-refractivity contribution in [3.05, 3.63) is 65.5 Å². The van der Waals surface area contributed by atoms with Gasteiger partial charge in [-0.25, -0.2) is 4.98 Å². The van der Waals surface area contributed by atoms with Crippen molar-refractivity contribution in [2.75, 3.05) is 18.2 Å². The second kappa shape index (κ2) is 10.8. The van der Waals surface area contributed by atoms with Crippen LogP contribution in [0, 0.1) is 12.8 Å². The normalized spacial score (nSPS) is 11.8. The molecule has 3 rings (SSSR count). The maximum Gasteiger partial charge on any atom is 0.251 e. The molecule has 0 spiro atoms. The standard InChI is InChI=1S/C23H27N5O3S/c1-14(2)20(25-22(30)16-8-6-5-7-9-16)21-26-23(28-27-21)32-13-19(29)24-17-12-15(3)10-11-18(17)31-4/h5-12,14,20H,13H2,1-4H3,(H,24,29)(H,25,30)(H,26,27,28). The van der Waals surface area contributed by atoms with Crippen LogP contribution in [-0.4, -0.2) is 39.9 Å². The van der Waals surface area contributed by atoms with Crippen LogP contribution >= 0.6 is 11.8 Å². The lowest BCUT2D eigenvalue weighted by Crippen LogP contribution is -2.32. The van der Waals surface area contributed by atoms with Gasteiger partial charge in [0.15, 0.2) is 0 Å². The third-order valence-electron chi connectivity index (χ3n) is 4.73. The number of rotatable bonds is 9. The molecule has 168 valence electrons. The zero-order chi connectivity index (χ0) is 23.1. The van der Waals surface area contributed by atoms with Crippen LogP contribution < -0.4 is 15.4 Å². The number of carbonyl (C=O) groups is 2. The molecule has 1 heterocycles. The van der Waals surface area contributed by atoms with Gasteiger partial charge in [0.2, 0.25) is 11.1 Å². The molecule has 1 aromatic heterocycles. The zero-order valence-corrected chi connectivity index (χ0v) is 19.3. The second-order valence-electron chi connectivity index (χ2n) is 7.60. The fourth-order valence-electron chi connectivity index (χ4n) is 3.06. The minimum Gasteiger partial charge on any atom is -0.495 e. The van der Waals surface area contributed by atoms with Crippen molar-refractivity contribution < 1.29 is 14.3 Å². The molecular formula is C23H27N5O3S. The Morgan fingerprint density at radius 2 is 1.91 bits per heavy atom. The zero-order valence-electron chi connectivity index (χ0n) is 18.5. The summed E-state index contributed by atoms with van der Waals surface area (Å²) in [5.41, 5.74) is 2.22. The number of H-pyrrole nitrogens is 1. The first-order chi connectivity index (χ1) is 15.4. The molecule has 3 aromatic rings. The number of aromatic nitrogens is 3. The van der Waals surface area contributed by atoms with Crippen LogP contribution in [0.5, 0.6) is 5.75 Å². The number of nitrogens with zero attached hydrogens (tertiary/aromatic N) is 2. The van der Waals surface area contributed by atoms with Crippen LogP contribution in [-0.2, 0) is 4.79 Å². The molecular weight excluding hydrogens is 426 g/mol. The summed E-state index contributed by atoms with van der Waals surface area (Å²) >= 11 is 1.21. The van der Waals surface area contributed by atoms with Gasteiger partial charge in [-0.2, -0.15) is 0 Å². The van der Waals surface area contributed by atoms with Gasteiger partial charge in [-0.05, 0) is 42.7 Å². The number of thioether (sulfide) groups is 1. The molecule has 2 amide bonds. The van der Waals surface area contributed by atoms with Gasteiger partial charge in [0, 0.05) is 5.56 Å². The number of hydrogen-bond donors (Lipinski definition) is 3. The number of aryl methyl sites for hydroxylation is 1. The molecule has 0 radical (unpaired) electrons. The number of carbonyl (C=O) groups excluding carboxylic acids is 2. The van der Waals surface area contributed by atoms with Crippen molar-refractivity contribution in [1.29, 1.82) is 0 Å². The summed E-state index contributed by atoms with van der Waals surface area (Å²) in [5.74, 6) is 1.00. The summed E-state index contributed by atoms with van der Waals surface area (Å²) in [6, 6.07) is 14.3. The van der Waals surface area contributed by atoms with E-state index >= 15 is 0 Å². The van der Waals surface area contributed by atoms with E-state index in [0.717, 1.165) is 5.56 Å². The molecule has 0 aliphatic carbocycles. The highest BCUT2D eigenvalue weighted by atomic mass is 32.2. The van der Waals surface area contributed by atoms with Crippen molar-refractivity contribution in [1.82, 2.24) is 20.5 Å². The van der Waals surface area contributed by atoms with Crippen LogP contribution in [0.2, 0.25) is 0 Å². The van der Waals surface area contributed by atoms with Crippen LogP contribution in [0.25, 0.3) is 0 Å². The van der Waals surface area contributed by atoms with Crippen molar-refractivity contribution in [3.8, 4) is 5.75 Å². The van der Waals surface area contributed by atoms with E-state index in [4.69, 9.17) is 4.74 Å². The molecule has 0 aliphatic heterocycles. The Morgan fingerprint density at radius 1 is 1.16 bits per heavy atom. The van der Waals surface area contributed by atoms with Crippen LogP contribution in [0.4, 0.5) is 5.69 Å². The lowest BCUT2D eigenvalue weighted by Gasteiger charge is -2.19. The van der Waals surface area contributed by atoms with E-state index in [0.29, 0.717) is 28.0 Å². The highest BCUT2D eigenvalue weighted by Crippen LogP contribution is 2.26. The third kappa shape index (κ3) is 6.10. The lowest BCUT2D eigenvalue weighted by atomic mass is 10.0. The molecule has 1 unspecified atom stereocenters. The van der Waals surface area contributed by atoms with Gasteiger partial charge in [-0.3, -0.25) is 14.7 Å². The fraction of sp³-hybridized carbons (Fsp3) is 0.304. The summed E-state index contributed by atoms with van der Waals surface area (Å²) in [5, 5.41) is 13.4. The van der Waals surface area contributed by atoms with Crippen LogP contribution in [0.1, 0.15) is 41.6 Å². The smallest absolute Gasteiger partial charge is 0.251 e. The lowest BCUT2D eigenvalue weighted by molar-refractivity contribution is -0.113. The Bertz CT molecular complexity index is 1070. The van der Waals surface area contributed by atoms with E-state index < -0.39 is 0 Å². The van der Waals surface area contributed by atoms with Crippen LogP contribution in [0.15, 0.2) is 53.7 Å². The Balaban J connectivity index is 1.61. The molecule has 1 atom stereocenters. The number of amides is 2. The second-order valence-corrected chi connectivity index (χ2v) is 8.55. The van der Waals surface area contributed by atoms with E-state index in [-0.39, 0.29) is 29.5 Å². The number of aromatic amines is 1. The first kappa shape index (κ1) is 23.3. The topological polar surface area (TPSA) is 109 Å². The van der Waals surface area contributed by atoms with Gasteiger partial charge >= 0.3 is 0 Å². The largest absolute Gasteiger partial charge is 0.495 e. The average molecular weight is 454 g/mol. The van der Waals surface area contributed by atoms with Crippen LogP contribution in [0.3, 0.4) is 0 Å². The maximum atomic E-state index is 12.6. The monoisotopic (exact) mass is 453 g/mol. The quantitative estimate of drug-likeness (QED) is 0.423. The van der Waals surface area contributed by atoms with Crippen molar-refractivity contribution in [2.24, 2.45) is 5.92 Å². The molecule has 0 saturated carbocycles. The SMILES string of the molecule is COc1ccc(C)cc1NC(=O)CSc1n[nH]c(C(NC(=O)c2ccccc2)C(C)C)n1. The van der Waals surface area contributed by atoms with Gasteiger partial charge in [-0.15, -0.1) is 5.10 Å². The molecule has 8 nitrogen and oxygen atoms in total. The Morgan fingerprint density at radius 3 is 2.59 bits per heavy atom. The van der Waals surface area contributed by atoms with E-state index in [2.05, 4.69) is 25.8 Å². The number of hydrogen-bond acceptors (Lipinski definition) is 6. The van der Waals surface area contributed by atoms with Gasteiger partial charge in [-0.1, -0.05) is 49.9 Å². The molecule has 32 heavy (non-hydrogen) atoms. The third-order valence-corrected chi connectivity index (χ3v) is 5.57. The summed E-state index contributed by atoms with van der Waals surface area (Å²) in [7, 11) is 1.56. The number of methoxy groups -OCH3 is 1. The Kier molecular flexibility index (Phi) is 7.88. The summed E-state index contributed by atoms with van der Waals surface area (Å²) in [4.78, 5) is 29.5. The van der Waals surface area contributed by atoms with E-state index in [1.54, 1.807) is 19.2 Å². The molecule has 9 heteroatoms. The van der Waals surface area contributed by atoms with Gasteiger partial charge in [0.05, 0.1) is 24.6 Å². The minimum atomic E-state index is -0.338. The predicted octanol–water partition coefficient (Wildman–Crippen LogP) is 3.98. The van der Waals surface area contributed by atoms with E-state index in [1.165, 1.54) is 11.8 Å². The van der Waals surface area contributed by atoms with E-state index in [9.17, 15) is 9.59 Å². The number of anilines is 1. The highest BCUT2D eigenvalue weighted by Gasteiger charge is 2.23. The van der Waals surface area contributed by atoms with Gasteiger partial charge < -0.3 is 15.4 Å². The minimum absolute atomic E-state index is 0.0885. The van der Waals surface area contributed by atoms with Crippen molar-refractivity contribution in [2.45, 2.75) is 32.0 Å². The average Bonchev–Trinajstić information content (AvgIpc) is 3.25. The molecule has 0 saturated heterocycles. The number of ether oxygens (including phenoxy) is 1. The van der Waals surface area contributed by atoms with E-state index in [1.807, 2.05) is 57.2 Å². The summed E-state index contributed by atoms with van der Waals surface area (Å²) < 4.78 is 5.29. The highest BCUT2D eigenvalue weighted by molar-refractivity contribution is 7.99. The Labute approximate surface area is 191 Å². The molecule has 0 bridgehead atoms. The Hall–Kier alpha value is -3.33. The molecule has 3 N–H and O–H groups in total. The first-order valence-corrected chi connectivity index (χ1v) is 11.2. The summed E-state index contributed by atoms with van der Waals surface area (Å²) in [6.07, 6.45) is 0. The maximum absolute atomic E-state index is 12.6. The number of nitrogens with one attached hydrogen (secondary N) is 3. The predicted molar refractivity (Wildman–Crippen MR) is 125 cm³/mol. The first-order valence-electron chi connectivity index (χ1n) is 10.2. The van der Waals surface area contributed by atoms with Crippen molar-refractivity contribution in [3.63, 3.8) is 0 Å². The van der Waals surface area contributed by atoms with Gasteiger partial charge in [0.1, 0.15) is 11.6 Å². The molecule has 0 aliphatic rings.